The average Bonchev–Trinajstić information content (AvgIpc) is 3.01. The molecule has 1 unspecified atom stereocenters. The van der Waals surface area contributed by atoms with Gasteiger partial charge in [0.15, 0.2) is 17.2 Å². The van der Waals surface area contributed by atoms with Crippen molar-refractivity contribution in [2.24, 2.45) is 28.6 Å². The highest BCUT2D eigenvalue weighted by atomic mass is 16.6. The van der Waals surface area contributed by atoms with E-state index < -0.39 is 70.9 Å². The van der Waals surface area contributed by atoms with Gasteiger partial charge in [-0.1, -0.05) is 51.1 Å². The van der Waals surface area contributed by atoms with E-state index in [0.29, 0.717) is 12.2 Å². The van der Waals surface area contributed by atoms with Crippen molar-refractivity contribution >= 4 is 17.5 Å². The summed E-state index contributed by atoms with van der Waals surface area (Å²) in [6.07, 6.45) is -2.86. The van der Waals surface area contributed by atoms with Gasteiger partial charge in [0.25, 0.3) is 0 Å². The van der Waals surface area contributed by atoms with Gasteiger partial charge in [0.2, 0.25) is 0 Å². The maximum Gasteiger partial charge on any atom is 0.338 e. The third kappa shape index (κ3) is 5.10. The van der Waals surface area contributed by atoms with Crippen LogP contribution in [-0.4, -0.2) is 70.5 Å². The molecule has 0 spiro atoms. The van der Waals surface area contributed by atoms with Crippen molar-refractivity contribution in [2.45, 2.75) is 77.0 Å². The fourth-order valence-corrected chi connectivity index (χ4v) is 7.94. The van der Waals surface area contributed by atoms with Gasteiger partial charge in [-0.15, -0.1) is 0 Å². The van der Waals surface area contributed by atoms with Crippen LogP contribution in [0.25, 0.3) is 0 Å². The van der Waals surface area contributed by atoms with Crippen molar-refractivity contribution < 1.29 is 43.9 Å². The van der Waals surface area contributed by atoms with Crippen LogP contribution in [-0.2, 0) is 25.7 Å². The highest BCUT2D eigenvalue weighted by Crippen LogP contribution is 2.60. The zero-order chi connectivity index (χ0) is 31.2. The number of rotatable bonds is 7. The first-order valence-electron chi connectivity index (χ1n) is 15.0. The van der Waals surface area contributed by atoms with Crippen LogP contribution >= 0.6 is 0 Å². The van der Waals surface area contributed by atoms with Crippen LogP contribution in [0.2, 0.25) is 0 Å². The Hall–Kier alpha value is -3.11. The SMILES string of the molecule is COc1ccc(CO[C@H]2C(=O)[C@]3(C)CC[C@H](O)C(CO)[C@H]3[C@H](OC(=O)c3ccccc3)[C@]3(O)C(=O)CC[C@H]2C3(C)C)cc1. The third-order valence-electron chi connectivity index (χ3n) is 10.6. The molecule has 3 aliphatic rings. The molecule has 3 aliphatic carbocycles. The molecule has 0 radical (unpaired) electrons. The standard InChI is InChI=1S/C34H42O9/c1-32(2)24-14-15-26(37)34(32,40)30(43-31(39)21-8-6-5-7-9-21)27-23(18-35)25(36)16-17-33(27,3)29(38)28(24)42-19-20-10-12-22(41-4)13-11-20/h5-13,23-25,27-28,30,35-36,40H,14-19H2,1-4H3/t23?,24-,25+,27+,28-,30+,33-,34-/m1/s1. The first-order valence-corrected chi connectivity index (χ1v) is 15.0. The topological polar surface area (TPSA) is 140 Å². The summed E-state index contributed by atoms with van der Waals surface area (Å²) in [6, 6.07) is 15.5. The number of carbonyl (C=O) groups excluding carboxylic acids is 3. The molecule has 2 aromatic rings. The van der Waals surface area contributed by atoms with Crippen molar-refractivity contribution in [1.29, 1.82) is 0 Å². The number of esters is 1. The molecule has 9 nitrogen and oxygen atoms in total. The molecule has 8 atom stereocenters. The van der Waals surface area contributed by atoms with E-state index in [2.05, 4.69) is 0 Å². The molecule has 43 heavy (non-hydrogen) atoms. The number of hydrogen-bond donors (Lipinski definition) is 3. The van der Waals surface area contributed by atoms with Gasteiger partial charge in [-0.25, -0.2) is 4.79 Å². The van der Waals surface area contributed by atoms with E-state index in [0.717, 1.165) is 5.56 Å². The molecular formula is C34H42O9. The van der Waals surface area contributed by atoms with Crippen LogP contribution in [0.4, 0.5) is 0 Å². The number of carbonyl (C=O) groups is 3. The summed E-state index contributed by atoms with van der Waals surface area (Å²) < 4.78 is 17.8. The highest BCUT2D eigenvalue weighted by molar-refractivity contribution is 5.95. The second-order valence-electron chi connectivity index (χ2n) is 13.1. The molecule has 3 fully saturated rings. The van der Waals surface area contributed by atoms with E-state index in [9.17, 15) is 29.7 Å². The molecule has 0 saturated heterocycles. The number of Topliss-reactive ketones (excluding diaryl/α,β-unsaturated/α-hetero) is 2. The summed E-state index contributed by atoms with van der Waals surface area (Å²) in [5, 5.41) is 34.4. The van der Waals surface area contributed by atoms with Crippen LogP contribution in [0, 0.1) is 28.6 Å². The fraction of sp³-hybridized carbons (Fsp3) is 0.559. The molecule has 3 N–H and O–H groups in total. The fourth-order valence-electron chi connectivity index (χ4n) is 7.94. The number of fused-ring (bicyclic) bond motifs is 3. The average molecular weight is 595 g/mol. The molecule has 9 heteroatoms. The Morgan fingerprint density at radius 2 is 1.67 bits per heavy atom. The molecule has 2 bridgehead atoms. The van der Waals surface area contributed by atoms with Crippen molar-refractivity contribution in [3.63, 3.8) is 0 Å². The Morgan fingerprint density at radius 1 is 1.00 bits per heavy atom. The third-order valence-corrected chi connectivity index (χ3v) is 10.6. The van der Waals surface area contributed by atoms with E-state index in [4.69, 9.17) is 14.2 Å². The first-order chi connectivity index (χ1) is 20.4. The van der Waals surface area contributed by atoms with Gasteiger partial charge in [-0.05, 0) is 49.1 Å². The largest absolute Gasteiger partial charge is 0.497 e. The van der Waals surface area contributed by atoms with E-state index in [1.807, 2.05) is 12.1 Å². The number of hydrogen-bond acceptors (Lipinski definition) is 9. The molecular weight excluding hydrogens is 552 g/mol. The maximum atomic E-state index is 14.8. The Kier molecular flexibility index (Phi) is 8.57. The minimum Gasteiger partial charge on any atom is -0.497 e. The summed E-state index contributed by atoms with van der Waals surface area (Å²) in [5.74, 6) is -3.41. The second-order valence-corrected chi connectivity index (χ2v) is 13.1. The zero-order valence-electron chi connectivity index (χ0n) is 25.2. The molecule has 0 aromatic heterocycles. The van der Waals surface area contributed by atoms with Crippen LogP contribution < -0.4 is 4.74 Å². The van der Waals surface area contributed by atoms with Crippen molar-refractivity contribution in [3.05, 3.63) is 65.7 Å². The molecule has 3 saturated carbocycles. The molecule has 5 rings (SSSR count). The lowest BCUT2D eigenvalue weighted by atomic mass is 9.45. The Morgan fingerprint density at radius 3 is 2.30 bits per heavy atom. The number of ether oxygens (including phenoxy) is 3. The zero-order valence-corrected chi connectivity index (χ0v) is 25.2. The van der Waals surface area contributed by atoms with Crippen LogP contribution in [0.3, 0.4) is 0 Å². The lowest BCUT2D eigenvalue weighted by Crippen LogP contribution is -2.74. The monoisotopic (exact) mass is 594 g/mol. The summed E-state index contributed by atoms with van der Waals surface area (Å²) in [7, 11) is 1.58. The number of aliphatic hydroxyl groups excluding tert-OH is 2. The number of aliphatic hydroxyl groups is 3. The Labute approximate surface area is 252 Å². The molecule has 232 valence electrons. The van der Waals surface area contributed by atoms with E-state index in [1.165, 1.54) is 0 Å². The van der Waals surface area contributed by atoms with Crippen molar-refractivity contribution in [1.82, 2.24) is 0 Å². The van der Waals surface area contributed by atoms with Gasteiger partial charge < -0.3 is 29.5 Å². The van der Waals surface area contributed by atoms with Crippen LogP contribution in [0.5, 0.6) is 5.75 Å². The highest BCUT2D eigenvalue weighted by Gasteiger charge is 2.71. The minimum absolute atomic E-state index is 0.0462. The quantitative estimate of drug-likeness (QED) is 0.411. The van der Waals surface area contributed by atoms with E-state index >= 15 is 0 Å². The normalized spacial score (nSPS) is 35.3. The molecule has 2 aromatic carbocycles. The predicted molar refractivity (Wildman–Crippen MR) is 156 cm³/mol. The molecule has 0 heterocycles. The van der Waals surface area contributed by atoms with Gasteiger partial charge >= 0.3 is 5.97 Å². The molecule has 0 amide bonds. The van der Waals surface area contributed by atoms with E-state index in [1.54, 1.807) is 70.3 Å². The number of methoxy groups -OCH3 is 1. The number of ketones is 2. The van der Waals surface area contributed by atoms with Gasteiger partial charge in [-0.3, -0.25) is 9.59 Å². The number of benzene rings is 2. The maximum absolute atomic E-state index is 14.8. The minimum atomic E-state index is -2.22. The van der Waals surface area contributed by atoms with Gasteiger partial charge in [-0.2, -0.15) is 0 Å². The van der Waals surface area contributed by atoms with Gasteiger partial charge in [0.05, 0.1) is 25.4 Å². The van der Waals surface area contributed by atoms with E-state index in [-0.39, 0.29) is 37.2 Å². The van der Waals surface area contributed by atoms with Crippen molar-refractivity contribution in [3.8, 4) is 5.75 Å². The van der Waals surface area contributed by atoms with Crippen LogP contribution in [0.15, 0.2) is 54.6 Å². The lowest BCUT2D eigenvalue weighted by Gasteiger charge is -2.62. The second kappa shape index (κ2) is 11.8. The predicted octanol–water partition coefficient (Wildman–Crippen LogP) is 3.51. The summed E-state index contributed by atoms with van der Waals surface area (Å²) in [6.45, 7) is 4.73. The summed E-state index contributed by atoms with van der Waals surface area (Å²) in [4.78, 5) is 42.3. The Balaban J connectivity index is 1.64. The first kappa shape index (κ1) is 31.3. The van der Waals surface area contributed by atoms with Crippen LogP contribution in [0.1, 0.15) is 62.4 Å². The smallest absolute Gasteiger partial charge is 0.338 e. The molecule has 0 aliphatic heterocycles. The van der Waals surface area contributed by atoms with Gasteiger partial charge in [0, 0.05) is 41.6 Å². The summed E-state index contributed by atoms with van der Waals surface area (Å²) in [5.41, 5.74) is -3.76. The Bertz CT molecular complexity index is 1340. The summed E-state index contributed by atoms with van der Waals surface area (Å²) >= 11 is 0. The lowest BCUT2D eigenvalue weighted by molar-refractivity contribution is -0.246. The van der Waals surface area contributed by atoms with Gasteiger partial charge in [0.1, 0.15) is 18.0 Å². The van der Waals surface area contributed by atoms with Crippen molar-refractivity contribution in [2.75, 3.05) is 13.7 Å².